The minimum atomic E-state index is -0.562. The number of aromatic nitrogens is 3. The molecule has 1 aliphatic rings. The van der Waals surface area contributed by atoms with Crippen molar-refractivity contribution in [2.75, 3.05) is 5.32 Å². The van der Waals surface area contributed by atoms with E-state index in [0.717, 1.165) is 11.3 Å². The number of amides is 1. The molecule has 3 N–H and O–H groups in total. The first kappa shape index (κ1) is 19.0. The average molecular weight is 391 g/mol. The number of primary amides is 1. The van der Waals surface area contributed by atoms with Crippen molar-refractivity contribution in [2.24, 2.45) is 5.73 Å². The van der Waals surface area contributed by atoms with E-state index in [1.54, 1.807) is 11.6 Å². The molecule has 0 saturated heterocycles. The number of nitrogens with one attached hydrogen (secondary N) is 1. The van der Waals surface area contributed by atoms with Crippen LogP contribution in [0.2, 0.25) is 0 Å². The largest absolute Gasteiger partial charge is 0.464 e. The van der Waals surface area contributed by atoms with Crippen molar-refractivity contribution in [1.82, 2.24) is 14.8 Å². The molecule has 7 nitrogen and oxygen atoms in total. The Balaban J connectivity index is 1.80. The molecular formula is C22H25N5O2. The Bertz CT molecular complexity index is 1110. The Morgan fingerprint density at radius 3 is 2.38 bits per heavy atom. The molecule has 0 aliphatic carbocycles. The molecule has 1 amide bonds. The van der Waals surface area contributed by atoms with Crippen LogP contribution in [0.15, 0.2) is 52.1 Å². The first-order valence-corrected chi connectivity index (χ1v) is 9.56. The van der Waals surface area contributed by atoms with Crippen LogP contribution in [0.4, 0.5) is 5.95 Å². The van der Waals surface area contributed by atoms with E-state index in [4.69, 9.17) is 10.2 Å². The number of anilines is 1. The monoisotopic (exact) mass is 391 g/mol. The lowest BCUT2D eigenvalue weighted by atomic mass is 9.87. The lowest BCUT2D eigenvalue weighted by Crippen LogP contribution is -2.31. The predicted molar refractivity (Wildman–Crippen MR) is 111 cm³/mol. The number of furan rings is 1. The number of fused-ring (bicyclic) bond motifs is 1. The molecule has 4 rings (SSSR count). The van der Waals surface area contributed by atoms with Crippen LogP contribution in [-0.2, 0) is 10.2 Å². The molecule has 0 radical (unpaired) electrons. The molecule has 29 heavy (non-hydrogen) atoms. The summed E-state index contributed by atoms with van der Waals surface area (Å²) in [7, 11) is 0. The summed E-state index contributed by atoms with van der Waals surface area (Å²) >= 11 is 0. The van der Waals surface area contributed by atoms with Gasteiger partial charge in [-0.25, -0.2) is 4.68 Å². The Labute approximate surface area is 169 Å². The van der Waals surface area contributed by atoms with E-state index in [1.165, 1.54) is 5.56 Å². The van der Waals surface area contributed by atoms with Crippen LogP contribution >= 0.6 is 0 Å². The summed E-state index contributed by atoms with van der Waals surface area (Å²) in [5.41, 5.74) is 8.94. The number of hydrogen-bond donors (Lipinski definition) is 2. The zero-order valence-electron chi connectivity index (χ0n) is 17.3. The van der Waals surface area contributed by atoms with Crippen molar-refractivity contribution in [2.45, 2.75) is 46.1 Å². The highest BCUT2D eigenvalue weighted by Crippen LogP contribution is 2.36. The fourth-order valence-electron chi connectivity index (χ4n) is 3.58. The average Bonchev–Trinajstić information content (AvgIpc) is 3.25. The summed E-state index contributed by atoms with van der Waals surface area (Å²) in [6, 6.07) is 11.3. The predicted octanol–water partition coefficient (Wildman–Crippen LogP) is 3.92. The van der Waals surface area contributed by atoms with Gasteiger partial charge >= 0.3 is 0 Å². The molecule has 1 unspecified atom stereocenters. The Morgan fingerprint density at radius 2 is 1.83 bits per heavy atom. The van der Waals surface area contributed by atoms with Crippen LogP contribution < -0.4 is 11.1 Å². The maximum absolute atomic E-state index is 12.2. The quantitative estimate of drug-likeness (QED) is 0.705. The third-order valence-corrected chi connectivity index (χ3v) is 5.16. The van der Waals surface area contributed by atoms with Gasteiger partial charge in [0, 0.05) is 11.3 Å². The Kier molecular flexibility index (Phi) is 4.33. The van der Waals surface area contributed by atoms with Crippen molar-refractivity contribution in [3.63, 3.8) is 0 Å². The number of carbonyl (C=O) groups is 1. The molecular weight excluding hydrogens is 366 g/mol. The third kappa shape index (κ3) is 3.33. The summed E-state index contributed by atoms with van der Waals surface area (Å²) in [6.07, 6.45) is 0. The summed E-state index contributed by atoms with van der Waals surface area (Å²) in [6.45, 7) is 10.2. The van der Waals surface area contributed by atoms with Gasteiger partial charge in [-0.05, 0) is 37.0 Å². The lowest BCUT2D eigenvalue weighted by Gasteiger charge is -2.25. The molecule has 1 atom stereocenters. The highest BCUT2D eigenvalue weighted by molar-refractivity contribution is 5.95. The van der Waals surface area contributed by atoms with E-state index < -0.39 is 11.9 Å². The number of nitrogens with zero attached hydrogens (tertiary/aromatic N) is 3. The zero-order valence-corrected chi connectivity index (χ0v) is 17.3. The van der Waals surface area contributed by atoms with Gasteiger partial charge in [0.2, 0.25) is 11.9 Å². The van der Waals surface area contributed by atoms with Crippen molar-refractivity contribution >= 4 is 11.9 Å². The minimum absolute atomic E-state index is 0.0701. The lowest BCUT2D eigenvalue weighted by molar-refractivity contribution is -0.115. The molecule has 0 spiro atoms. The van der Waals surface area contributed by atoms with Crippen LogP contribution in [0.3, 0.4) is 0 Å². The highest BCUT2D eigenvalue weighted by atomic mass is 16.3. The number of allylic oxidation sites excluding steroid dienone is 1. The molecule has 7 heteroatoms. The van der Waals surface area contributed by atoms with Gasteiger partial charge in [0.25, 0.3) is 0 Å². The van der Waals surface area contributed by atoms with Crippen LogP contribution in [0.5, 0.6) is 0 Å². The Morgan fingerprint density at radius 1 is 1.14 bits per heavy atom. The molecule has 150 valence electrons. The van der Waals surface area contributed by atoms with Crippen molar-refractivity contribution in [3.05, 3.63) is 64.8 Å². The summed E-state index contributed by atoms with van der Waals surface area (Å²) < 4.78 is 7.48. The van der Waals surface area contributed by atoms with Crippen molar-refractivity contribution in [1.29, 1.82) is 0 Å². The number of hydrogen-bond acceptors (Lipinski definition) is 5. The van der Waals surface area contributed by atoms with Crippen molar-refractivity contribution < 1.29 is 9.21 Å². The summed E-state index contributed by atoms with van der Waals surface area (Å²) in [4.78, 5) is 16.8. The second kappa shape index (κ2) is 6.62. The summed E-state index contributed by atoms with van der Waals surface area (Å²) in [5, 5.41) is 7.84. The normalized spacial score (nSPS) is 16.5. The van der Waals surface area contributed by atoms with Gasteiger partial charge in [-0.15, -0.1) is 5.10 Å². The van der Waals surface area contributed by atoms with E-state index in [1.807, 2.05) is 31.2 Å². The molecule has 3 aromatic rings. The number of carbonyl (C=O) groups excluding carboxylic acids is 1. The number of nitrogens with two attached hydrogens (primary N) is 1. The fraction of sp³-hybridized carbons (Fsp3) is 0.318. The maximum atomic E-state index is 12.2. The second-order valence-corrected chi connectivity index (χ2v) is 8.41. The second-order valence-electron chi connectivity index (χ2n) is 8.41. The molecule has 3 heterocycles. The van der Waals surface area contributed by atoms with Gasteiger partial charge in [-0.1, -0.05) is 45.0 Å². The van der Waals surface area contributed by atoms with E-state index in [2.05, 4.69) is 48.3 Å². The van der Waals surface area contributed by atoms with E-state index in [-0.39, 0.29) is 5.41 Å². The van der Waals surface area contributed by atoms with Crippen LogP contribution in [0.1, 0.15) is 50.8 Å². The SMILES string of the molecule is CC1=C(C(N)=O)C(c2ccc(C)o2)n2nc(-c3ccc(C(C)(C)C)cc3)nc2N1. The standard InChI is InChI=1S/C22H25N5O2/c1-12-6-11-16(29-12)18-17(19(23)28)13(2)24-21-25-20(26-27(18)21)14-7-9-15(10-8-14)22(3,4)5/h6-11,18H,1-5H3,(H2,23,28)(H,24,25,26). The number of rotatable bonds is 3. The molecule has 1 aromatic carbocycles. The summed E-state index contributed by atoms with van der Waals surface area (Å²) in [5.74, 6) is 1.94. The topological polar surface area (TPSA) is 99.0 Å². The van der Waals surface area contributed by atoms with E-state index >= 15 is 0 Å². The fourth-order valence-corrected chi connectivity index (χ4v) is 3.58. The minimum Gasteiger partial charge on any atom is -0.464 e. The van der Waals surface area contributed by atoms with Gasteiger partial charge in [-0.3, -0.25) is 4.79 Å². The van der Waals surface area contributed by atoms with E-state index in [0.29, 0.717) is 28.8 Å². The Hall–Kier alpha value is -3.35. The van der Waals surface area contributed by atoms with E-state index in [9.17, 15) is 4.79 Å². The van der Waals surface area contributed by atoms with Crippen molar-refractivity contribution in [3.8, 4) is 11.4 Å². The van der Waals surface area contributed by atoms with Gasteiger partial charge in [0.15, 0.2) is 5.82 Å². The highest BCUT2D eigenvalue weighted by Gasteiger charge is 2.35. The van der Waals surface area contributed by atoms with Gasteiger partial charge < -0.3 is 15.5 Å². The zero-order chi connectivity index (χ0) is 20.9. The molecule has 0 bridgehead atoms. The number of benzene rings is 1. The number of aryl methyl sites for hydroxylation is 1. The van der Waals surface area contributed by atoms with Gasteiger partial charge in [0.1, 0.15) is 17.6 Å². The molecule has 0 fully saturated rings. The third-order valence-electron chi connectivity index (χ3n) is 5.16. The molecule has 1 aliphatic heterocycles. The first-order chi connectivity index (χ1) is 13.6. The van der Waals surface area contributed by atoms with Gasteiger partial charge in [-0.2, -0.15) is 4.98 Å². The molecule has 2 aromatic heterocycles. The molecule has 0 saturated carbocycles. The van der Waals surface area contributed by atoms with Crippen LogP contribution in [-0.4, -0.2) is 20.7 Å². The van der Waals surface area contributed by atoms with Crippen LogP contribution in [0, 0.1) is 6.92 Å². The smallest absolute Gasteiger partial charge is 0.249 e. The maximum Gasteiger partial charge on any atom is 0.249 e. The van der Waals surface area contributed by atoms with Crippen LogP contribution in [0.25, 0.3) is 11.4 Å². The first-order valence-electron chi connectivity index (χ1n) is 9.56. The van der Waals surface area contributed by atoms with Gasteiger partial charge in [0.05, 0.1) is 5.57 Å².